The molecule has 0 saturated heterocycles. The zero-order valence-electron chi connectivity index (χ0n) is 9.63. The minimum absolute atomic E-state index is 0.203. The molecule has 0 fully saturated rings. The van der Waals surface area contributed by atoms with E-state index < -0.39 is 6.10 Å². The molecule has 15 heavy (non-hydrogen) atoms. The third-order valence-electron chi connectivity index (χ3n) is 2.40. The molecule has 1 aromatic carbocycles. The average Bonchev–Trinajstić information content (AvgIpc) is 2.13. The lowest BCUT2D eigenvalue weighted by molar-refractivity contribution is 0.147. The number of rotatable bonds is 3. The molecule has 0 aliphatic rings. The van der Waals surface area contributed by atoms with Gasteiger partial charge in [-0.25, -0.2) is 4.39 Å². The quantitative estimate of drug-likeness (QED) is 0.806. The first kappa shape index (κ1) is 12.2. The third-order valence-corrected chi connectivity index (χ3v) is 2.40. The van der Waals surface area contributed by atoms with Gasteiger partial charge in [0.05, 0.1) is 6.10 Å². The first-order valence-electron chi connectivity index (χ1n) is 5.32. The van der Waals surface area contributed by atoms with Gasteiger partial charge in [0.2, 0.25) is 0 Å². The van der Waals surface area contributed by atoms with Gasteiger partial charge in [0, 0.05) is 0 Å². The first-order chi connectivity index (χ1) is 6.88. The van der Waals surface area contributed by atoms with Crippen LogP contribution in [0.2, 0.25) is 0 Å². The lowest BCUT2D eigenvalue weighted by Gasteiger charge is -2.20. The van der Waals surface area contributed by atoms with E-state index in [1.807, 2.05) is 0 Å². The van der Waals surface area contributed by atoms with E-state index in [-0.39, 0.29) is 11.2 Å². The van der Waals surface area contributed by atoms with Crippen LogP contribution in [0.3, 0.4) is 0 Å². The second-order valence-electron chi connectivity index (χ2n) is 5.17. The normalized spacial score (nSPS) is 13.9. The van der Waals surface area contributed by atoms with E-state index in [2.05, 4.69) is 20.8 Å². The van der Waals surface area contributed by atoms with Gasteiger partial charge >= 0.3 is 0 Å². The highest BCUT2D eigenvalue weighted by Crippen LogP contribution is 2.27. The summed E-state index contributed by atoms with van der Waals surface area (Å²) in [6.07, 6.45) is 1.04. The van der Waals surface area contributed by atoms with Crippen molar-refractivity contribution >= 4 is 0 Å². The van der Waals surface area contributed by atoms with Crippen LogP contribution < -0.4 is 0 Å². The zero-order valence-corrected chi connectivity index (χ0v) is 9.63. The predicted octanol–water partition coefficient (Wildman–Crippen LogP) is 3.69. The van der Waals surface area contributed by atoms with Crippen LogP contribution >= 0.6 is 0 Å². The molecule has 0 bridgehead atoms. The Labute approximate surface area is 90.9 Å². The van der Waals surface area contributed by atoms with E-state index in [9.17, 15) is 9.50 Å². The Bertz CT molecular complexity index is 315. The topological polar surface area (TPSA) is 20.2 Å². The van der Waals surface area contributed by atoms with Crippen molar-refractivity contribution in [2.24, 2.45) is 5.41 Å². The Hall–Kier alpha value is -0.890. The van der Waals surface area contributed by atoms with Crippen LogP contribution in [0.15, 0.2) is 24.3 Å². The van der Waals surface area contributed by atoms with E-state index in [1.165, 1.54) is 12.1 Å². The zero-order chi connectivity index (χ0) is 11.5. The van der Waals surface area contributed by atoms with Crippen LogP contribution in [0, 0.1) is 11.2 Å². The average molecular weight is 210 g/mol. The summed E-state index contributed by atoms with van der Waals surface area (Å²) in [5.74, 6) is -0.290. The number of benzene rings is 1. The van der Waals surface area contributed by atoms with Crippen molar-refractivity contribution in [1.29, 1.82) is 0 Å². The molecule has 0 spiro atoms. The standard InChI is InChI=1S/C13H19FO/c1-13(2,3)8-7-12(15)10-5-4-6-11(14)9-10/h4-6,9,12,15H,7-8H2,1-3H3/t12-/m0/s1. The van der Waals surface area contributed by atoms with Crippen molar-refractivity contribution in [2.45, 2.75) is 39.7 Å². The molecule has 0 heterocycles. The van der Waals surface area contributed by atoms with Gasteiger partial charge < -0.3 is 5.11 Å². The number of hydrogen-bond acceptors (Lipinski definition) is 1. The van der Waals surface area contributed by atoms with Gasteiger partial charge in [0.15, 0.2) is 0 Å². The fourth-order valence-electron chi connectivity index (χ4n) is 1.45. The van der Waals surface area contributed by atoms with Crippen molar-refractivity contribution in [3.8, 4) is 0 Å². The molecule has 1 N–H and O–H groups in total. The SMILES string of the molecule is CC(C)(C)CC[C@H](O)c1cccc(F)c1. The molecule has 0 saturated carbocycles. The van der Waals surface area contributed by atoms with Gasteiger partial charge in [-0.2, -0.15) is 0 Å². The monoisotopic (exact) mass is 210 g/mol. The summed E-state index contributed by atoms with van der Waals surface area (Å²) in [5, 5.41) is 9.84. The number of aliphatic hydroxyl groups excluding tert-OH is 1. The van der Waals surface area contributed by atoms with Gasteiger partial charge in [0.25, 0.3) is 0 Å². The molecular weight excluding hydrogens is 191 g/mol. The van der Waals surface area contributed by atoms with Crippen molar-refractivity contribution < 1.29 is 9.50 Å². The van der Waals surface area contributed by atoms with Crippen molar-refractivity contribution in [1.82, 2.24) is 0 Å². The van der Waals surface area contributed by atoms with Crippen molar-refractivity contribution in [3.05, 3.63) is 35.6 Å². The molecule has 0 radical (unpaired) electrons. The van der Waals surface area contributed by atoms with Crippen LogP contribution in [-0.4, -0.2) is 5.11 Å². The Morgan fingerprint density at radius 1 is 1.33 bits per heavy atom. The Morgan fingerprint density at radius 3 is 2.53 bits per heavy atom. The number of halogens is 1. The first-order valence-corrected chi connectivity index (χ1v) is 5.32. The summed E-state index contributed by atoms with van der Waals surface area (Å²) in [7, 11) is 0. The van der Waals surface area contributed by atoms with Gasteiger partial charge in [-0.1, -0.05) is 32.9 Å². The smallest absolute Gasteiger partial charge is 0.123 e. The second-order valence-corrected chi connectivity index (χ2v) is 5.17. The molecule has 1 rings (SSSR count). The number of aliphatic hydroxyl groups is 1. The molecule has 0 unspecified atom stereocenters. The molecule has 84 valence electrons. The Morgan fingerprint density at radius 2 is 2.00 bits per heavy atom. The fourth-order valence-corrected chi connectivity index (χ4v) is 1.45. The molecule has 0 aliphatic heterocycles. The van der Waals surface area contributed by atoms with E-state index in [4.69, 9.17) is 0 Å². The summed E-state index contributed by atoms with van der Waals surface area (Å²) in [6, 6.07) is 6.18. The van der Waals surface area contributed by atoms with Crippen LogP contribution in [0.4, 0.5) is 4.39 Å². The van der Waals surface area contributed by atoms with Crippen LogP contribution in [0.5, 0.6) is 0 Å². The Kier molecular flexibility index (Phi) is 3.86. The molecule has 2 heteroatoms. The maximum Gasteiger partial charge on any atom is 0.123 e. The summed E-state index contributed by atoms with van der Waals surface area (Å²) < 4.78 is 12.9. The maximum atomic E-state index is 12.9. The van der Waals surface area contributed by atoms with Gasteiger partial charge in [0.1, 0.15) is 5.82 Å². The highest BCUT2D eigenvalue weighted by Gasteiger charge is 2.14. The molecule has 1 nitrogen and oxygen atoms in total. The summed E-state index contributed by atoms with van der Waals surface area (Å²) in [4.78, 5) is 0. The highest BCUT2D eigenvalue weighted by atomic mass is 19.1. The molecule has 0 aromatic heterocycles. The predicted molar refractivity (Wildman–Crippen MR) is 60.0 cm³/mol. The maximum absolute atomic E-state index is 12.9. The van der Waals surface area contributed by atoms with Crippen LogP contribution in [0.25, 0.3) is 0 Å². The lowest BCUT2D eigenvalue weighted by atomic mass is 9.88. The minimum atomic E-state index is -0.556. The second kappa shape index (κ2) is 4.75. The van der Waals surface area contributed by atoms with Gasteiger partial charge in [-0.3, -0.25) is 0 Å². The molecule has 0 aliphatic carbocycles. The fraction of sp³-hybridized carbons (Fsp3) is 0.538. The summed E-state index contributed by atoms with van der Waals surface area (Å²) >= 11 is 0. The highest BCUT2D eigenvalue weighted by molar-refractivity contribution is 5.18. The Balaban J connectivity index is 2.58. The van der Waals surface area contributed by atoms with Crippen LogP contribution in [-0.2, 0) is 0 Å². The third kappa shape index (κ3) is 4.43. The summed E-state index contributed by atoms with van der Waals surface area (Å²) in [5.41, 5.74) is 0.869. The number of hydrogen-bond donors (Lipinski definition) is 1. The van der Waals surface area contributed by atoms with E-state index in [0.29, 0.717) is 12.0 Å². The van der Waals surface area contributed by atoms with E-state index in [0.717, 1.165) is 6.42 Å². The van der Waals surface area contributed by atoms with E-state index in [1.54, 1.807) is 12.1 Å². The molecule has 1 atom stereocenters. The largest absolute Gasteiger partial charge is 0.388 e. The lowest BCUT2D eigenvalue weighted by Crippen LogP contribution is -2.08. The molecule has 1 aromatic rings. The molecular formula is C13H19FO. The van der Waals surface area contributed by atoms with Gasteiger partial charge in [-0.15, -0.1) is 0 Å². The van der Waals surface area contributed by atoms with Crippen molar-refractivity contribution in [3.63, 3.8) is 0 Å². The van der Waals surface area contributed by atoms with Gasteiger partial charge in [-0.05, 0) is 36.0 Å². The van der Waals surface area contributed by atoms with Crippen LogP contribution in [0.1, 0.15) is 45.3 Å². The molecule has 0 amide bonds. The van der Waals surface area contributed by atoms with E-state index >= 15 is 0 Å². The van der Waals surface area contributed by atoms with Crippen molar-refractivity contribution in [2.75, 3.05) is 0 Å². The minimum Gasteiger partial charge on any atom is -0.388 e. The summed E-state index contributed by atoms with van der Waals surface area (Å²) in [6.45, 7) is 6.39.